The number of carbonyl (C=O) groups is 2. The van der Waals surface area contributed by atoms with Crippen LogP contribution in [0, 0.1) is 5.92 Å². The Hall–Kier alpha value is -3.54. The molecule has 0 fully saturated rings. The maximum atomic E-state index is 14.3. The number of aliphatic hydroxyl groups is 1. The number of anilines is 1. The van der Waals surface area contributed by atoms with Crippen LogP contribution < -0.4 is 24.8 Å². The molecule has 4 atom stereocenters. The standard InChI is InChI=1S/C34H50N4O7/c1-22(2)35-34(41)36-27-11-13-29-28(16-27)33(40)38(24(4)20-39)17-23(3)32(42-14-8-7-9-25(5)45-29)19-37(6)18-26-10-12-30-31(15-26)44-21-43-30/h10-13,15-16,22-25,32,39H,7-9,14,17-21H2,1-6H3,(H2,35,36,41)/t23-,24+,25+,32-/m1/s1. The molecule has 2 aliphatic rings. The first-order chi connectivity index (χ1) is 21.5. The number of ether oxygens (including phenoxy) is 4. The highest BCUT2D eigenvalue weighted by molar-refractivity contribution is 5.99. The summed E-state index contributed by atoms with van der Waals surface area (Å²) in [4.78, 5) is 30.6. The van der Waals surface area contributed by atoms with Gasteiger partial charge in [-0.25, -0.2) is 4.79 Å². The lowest BCUT2D eigenvalue weighted by Crippen LogP contribution is -2.47. The normalized spacial score (nSPS) is 21.6. The Morgan fingerprint density at radius 1 is 1.07 bits per heavy atom. The predicted octanol–water partition coefficient (Wildman–Crippen LogP) is 4.87. The molecular formula is C34H50N4O7. The quantitative estimate of drug-likeness (QED) is 0.380. The second-order valence-corrected chi connectivity index (χ2v) is 12.6. The highest BCUT2D eigenvalue weighted by Crippen LogP contribution is 2.33. The van der Waals surface area contributed by atoms with E-state index in [2.05, 4.69) is 29.5 Å². The maximum absolute atomic E-state index is 14.3. The summed E-state index contributed by atoms with van der Waals surface area (Å²) in [5.74, 6) is 1.65. The van der Waals surface area contributed by atoms with Crippen LogP contribution in [0.15, 0.2) is 36.4 Å². The number of aliphatic hydroxyl groups excluding tert-OH is 1. The summed E-state index contributed by atoms with van der Waals surface area (Å²) in [5, 5.41) is 15.8. The van der Waals surface area contributed by atoms with Gasteiger partial charge >= 0.3 is 6.03 Å². The van der Waals surface area contributed by atoms with Crippen molar-refractivity contribution in [3.63, 3.8) is 0 Å². The van der Waals surface area contributed by atoms with E-state index in [4.69, 9.17) is 18.9 Å². The predicted molar refractivity (Wildman–Crippen MR) is 173 cm³/mol. The molecule has 11 heteroatoms. The molecule has 3 N–H and O–H groups in total. The van der Waals surface area contributed by atoms with E-state index in [0.717, 1.165) is 36.3 Å². The first kappa shape index (κ1) is 34.3. The fourth-order valence-corrected chi connectivity index (χ4v) is 5.61. The Balaban J connectivity index is 1.57. The van der Waals surface area contributed by atoms with Gasteiger partial charge < -0.3 is 39.6 Å². The van der Waals surface area contributed by atoms with Crippen molar-refractivity contribution in [3.8, 4) is 17.2 Å². The van der Waals surface area contributed by atoms with E-state index in [1.165, 1.54) is 0 Å². The largest absolute Gasteiger partial charge is 0.490 e. The third kappa shape index (κ3) is 9.72. The highest BCUT2D eigenvalue weighted by atomic mass is 16.7. The molecule has 4 rings (SSSR count). The van der Waals surface area contributed by atoms with Crippen LogP contribution in [-0.2, 0) is 11.3 Å². The number of nitrogens with zero attached hydrogens (tertiary/aromatic N) is 2. The summed E-state index contributed by atoms with van der Waals surface area (Å²) in [7, 11) is 2.06. The van der Waals surface area contributed by atoms with Crippen molar-refractivity contribution in [2.75, 3.05) is 45.5 Å². The molecule has 248 valence electrons. The summed E-state index contributed by atoms with van der Waals surface area (Å²) in [6.07, 6.45) is 2.32. The van der Waals surface area contributed by atoms with Crippen molar-refractivity contribution in [2.24, 2.45) is 5.92 Å². The first-order valence-electron chi connectivity index (χ1n) is 16.0. The third-order valence-electron chi connectivity index (χ3n) is 8.11. The molecule has 0 saturated carbocycles. The van der Waals surface area contributed by atoms with Gasteiger partial charge in [0.2, 0.25) is 6.79 Å². The topological polar surface area (TPSA) is 122 Å². The summed E-state index contributed by atoms with van der Waals surface area (Å²) in [6.45, 7) is 12.0. The zero-order valence-corrected chi connectivity index (χ0v) is 27.5. The Kier molecular flexibility index (Phi) is 12.3. The van der Waals surface area contributed by atoms with Crippen LogP contribution in [0.1, 0.15) is 69.8 Å². The molecule has 0 unspecified atom stereocenters. The average molecular weight is 627 g/mol. The van der Waals surface area contributed by atoms with Gasteiger partial charge in [0, 0.05) is 43.9 Å². The minimum absolute atomic E-state index is 0.0401. The summed E-state index contributed by atoms with van der Waals surface area (Å²) >= 11 is 0. The molecule has 0 radical (unpaired) electrons. The second kappa shape index (κ2) is 16.1. The highest BCUT2D eigenvalue weighted by Gasteiger charge is 2.30. The van der Waals surface area contributed by atoms with E-state index in [1.54, 1.807) is 23.1 Å². The van der Waals surface area contributed by atoms with Crippen LogP contribution in [0.2, 0.25) is 0 Å². The van der Waals surface area contributed by atoms with Crippen molar-refractivity contribution in [1.82, 2.24) is 15.1 Å². The van der Waals surface area contributed by atoms with Gasteiger partial charge in [0.05, 0.1) is 30.4 Å². The van der Waals surface area contributed by atoms with E-state index in [-0.39, 0.29) is 49.5 Å². The lowest BCUT2D eigenvalue weighted by atomic mass is 10.0. The maximum Gasteiger partial charge on any atom is 0.319 e. The Bertz CT molecular complexity index is 1290. The number of likely N-dealkylation sites (N-methyl/N-ethyl adjacent to an activating group) is 1. The molecule has 0 saturated heterocycles. The van der Waals surface area contributed by atoms with Crippen molar-refractivity contribution in [2.45, 2.75) is 84.7 Å². The zero-order valence-electron chi connectivity index (χ0n) is 27.5. The molecule has 0 spiro atoms. The number of carbonyl (C=O) groups excluding carboxylic acids is 2. The van der Waals surface area contributed by atoms with Crippen LogP contribution in [0.3, 0.4) is 0 Å². The molecule has 0 aliphatic carbocycles. The molecule has 2 aromatic rings. The molecular weight excluding hydrogens is 576 g/mol. The van der Waals surface area contributed by atoms with E-state index >= 15 is 0 Å². The van der Waals surface area contributed by atoms with Crippen LogP contribution >= 0.6 is 0 Å². The van der Waals surface area contributed by atoms with Gasteiger partial charge in [0.1, 0.15) is 5.75 Å². The fraction of sp³-hybridized carbons (Fsp3) is 0.588. The monoisotopic (exact) mass is 626 g/mol. The van der Waals surface area contributed by atoms with Crippen molar-refractivity contribution >= 4 is 17.6 Å². The number of hydrogen-bond acceptors (Lipinski definition) is 8. The first-order valence-corrected chi connectivity index (χ1v) is 16.0. The number of benzene rings is 2. The number of nitrogens with one attached hydrogen (secondary N) is 2. The van der Waals surface area contributed by atoms with Crippen LogP contribution in [0.5, 0.6) is 17.2 Å². The second-order valence-electron chi connectivity index (χ2n) is 12.6. The molecule has 2 aromatic carbocycles. The van der Waals surface area contributed by atoms with Gasteiger partial charge in [0.15, 0.2) is 11.5 Å². The lowest BCUT2D eigenvalue weighted by molar-refractivity contribution is -0.0177. The third-order valence-corrected chi connectivity index (χ3v) is 8.11. The fourth-order valence-electron chi connectivity index (χ4n) is 5.61. The zero-order chi connectivity index (χ0) is 32.5. The number of rotatable bonds is 8. The van der Waals surface area contributed by atoms with E-state index in [9.17, 15) is 14.7 Å². The van der Waals surface area contributed by atoms with Gasteiger partial charge in [0.25, 0.3) is 5.91 Å². The van der Waals surface area contributed by atoms with E-state index in [1.807, 2.05) is 45.9 Å². The molecule has 2 aliphatic heterocycles. The smallest absolute Gasteiger partial charge is 0.319 e. The van der Waals surface area contributed by atoms with E-state index < -0.39 is 6.04 Å². The van der Waals surface area contributed by atoms with Gasteiger partial charge in [-0.05, 0) is 89.9 Å². The Morgan fingerprint density at radius 2 is 1.82 bits per heavy atom. The molecule has 0 bridgehead atoms. The molecule has 2 heterocycles. The van der Waals surface area contributed by atoms with Gasteiger partial charge in [-0.1, -0.05) is 13.0 Å². The molecule has 3 amide bonds. The minimum Gasteiger partial charge on any atom is -0.490 e. The van der Waals surface area contributed by atoms with Crippen LogP contribution in [0.25, 0.3) is 0 Å². The molecule has 11 nitrogen and oxygen atoms in total. The van der Waals surface area contributed by atoms with Crippen molar-refractivity contribution in [3.05, 3.63) is 47.5 Å². The van der Waals surface area contributed by atoms with Gasteiger partial charge in [-0.2, -0.15) is 0 Å². The average Bonchev–Trinajstić information content (AvgIpc) is 3.46. The number of urea groups is 1. The van der Waals surface area contributed by atoms with Crippen molar-refractivity contribution in [1.29, 1.82) is 0 Å². The number of fused-ring (bicyclic) bond motifs is 2. The van der Waals surface area contributed by atoms with Gasteiger partial charge in [-0.15, -0.1) is 0 Å². The van der Waals surface area contributed by atoms with Crippen LogP contribution in [0.4, 0.5) is 10.5 Å². The number of hydrogen-bond donors (Lipinski definition) is 3. The minimum atomic E-state index is -0.453. The van der Waals surface area contributed by atoms with Crippen LogP contribution in [-0.4, -0.2) is 91.3 Å². The Labute approximate surface area is 267 Å². The molecule has 45 heavy (non-hydrogen) atoms. The van der Waals surface area contributed by atoms with E-state index in [0.29, 0.717) is 43.2 Å². The lowest BCUT2D eigenvalue weighted by Gasteiger charge is -2.36. The Morgan fingerprint density at radius 3 is 2.58 bits per heavy atom. The summed E-state index contributed by atoms with van der Waals surface area (Å²) in [5.41, 5.74) is 1.93. The summed E-state index contributed by atoms with van der Waals surface area (Å²) in [6, 6.07) is 10.3. The van der Waals surface area contributed by atoms with Crippen molar-refractivity contribution < 1.29 is 33.6 Å². The molecule has 0 aromatic heterocycles. The van der Waals surface area contributed by atoms with Gasteiger partial charge in [-0.3, -0.25) is 9.69 Å². The summed E-state index contributed by atoms with van der Waals surface area (Å²) < 4.78 is 23.8. The number of amides is 3. The SMILES string of the molecule is CC(C)NC(=O)Nc1ccc2c(c1)C(=O)N([C@@H](C)CO)C[C@@H](C)[C@@H](CN(C)Cc1ccc3c(c1)OCO3)OCCCC[C@H](C)O2.